The Morgan fingerprint density at radius 1 is 1.45 bits per heavy atom. The summed E-state index contributed by atoms with van der Waals surface area (Å²) in [5, 5.41) is 8.28. The summed E-state index contributed by atoms with van der Waals surface area (Å²) in [6.07, 6.45) is -4.32. The average Bonchev–Trinajstić information content (AvgIpc) is 1.85. The van der Waals surface area contributed by atoms with E-state index in [1.165, 1.54) is 0 Å². The smallest absolute Gasteiger partial charge is 0.395 e. The Morgan fingerprint density at radius 3 is 2.36 bits per heavy atom. The molecule has 0 aromatic heterocycles. The molecule has 0 heterocycles. The van der Waals surface area contributed by atoms with Crippen LogP contribution < -0.4 is 5.73 Å². The predicted molar refractivity (Wildman–Crippen MR) is 31.9 cm³/mol. The van der Waals surface area contributed by atoms with E-state index in [0.29, 0.717) is 0 Å². The van der Waals surface area contributed by atoms with Crippen LogP contribution in [-0.4, -0.2) is 37.1 Å². The second-order valence-corrected chi connectivity index (χ2v) is 2.07. The second-order valence-electron chi connectivity index (χ2n) is 2.07. The van der Waals surface area contributed by atoms with Crippen molar-refractivity contribution in [1.82, 2.24) is 0 Å². The lowest BCUT2D eigenvalue weighted by Gasteiger charge is -2.10. The maximum Gasteiger partial charge on any atom is 0.411 e. The van der Waals surface area contributed by atoms with Crippen LogP contribution in [0.5, 0.6) is 0 Å². The summed E-state index contributed by atoms with van der Waals surface area (Å²) in [5.41, 5.74) is 5.06. The van der Waals surface area contributed by atoms with Gasteiger partial charge in [0.2, 0.25) is 0 Å². The monoisotopic (exact) mass is 173 g/mol. The van der Waals surface area contributed by atoms with Gasteiger partial charge in [0.1, 0.15) is 6.61 Å². The molecule has 6 heteroatoms. The number of halogens is 3. The largest absolute Gasteiger partial charge is 0.411 e. The number of nitrogens with two attached hydrogens (primary N) is 1. The van der Waals surface area contributed by atoms with Crippen LogP contribution in [-0.2, 0) is 4.74 Å². The molecule has 0 aromatic carbocycles. The lowest BCUT2D eigenvalue weighted by molar-refractivity contribution is -0.175. The summed E-state index contributed by atoms with van der Waals surface area (Å²) < 4.78 is 38.3. The van der Waals surface area contributed by atoms with E-state index in [1.807, 2.05) is 0 Å². The first-order valence-electron chi connectivity index (χ1n) is 2.96. The van der Waals surface area contributed by atoms with Gasteiger partial charge in [0.05, 0.1) is 19.3 Å². The fraction of sp³-hybridized carbons (Fsp3) is 1.00. The third-order valence-electron chi connectivity index (χ3n) is 0.832. The fourth-order valence-electron chi connectivity index (χ4n) is 0.379. The van der Waals surface area contributed by atoms with Crippen LogP contribution in [0.15, 0.2) is 0 Å². The van der Waals surface area contributed by atoms with E-state index in [9.17, 15) is 13.2 Å². The quantitative estimate of drug-likeness (QED) is 0.623. The summed E-state index contributed by atoms with van der Waals surface area (Å²) >= 11 is 0. The first-order chi connectivity index (χ1) is 4.95. The minimum absolute atomic E-state index is 0.282. The van der Waals surface area contributed by atoms with Crippen LogP contribution >= 0.6 is 0 Å². The molecule has 68 valence electrons. The molecule has 0 saturated heterocycles. The fourth-order valence-corrected chi connectivity index (χ4v) is 0.379. The molecular formula is C5H10F3NO2. The van der Waals surface area contributed by atoms with E-state index >= 15 is 0 Å². The third kappa shape index (κ3) is 7.57. The molecule has 0 aliphatic heterocycles. The van der Waals surface area contributed by atoms with E-state index in [2.05, 4.69) is 4.74 Å². The van der Waals surface area contributed by atoms with Crippen LogP contribution in [0, 0.1) is 0 Å². The molecule has 0 bridgehead atoms. The minimum atomic E-state index is -4.32. The molecule has 0 saturated carbocycles. The van der Waals surface area contributed by atoms with Crippen molar-refractivity contribution < 1.29 is 23.0 Å². The SMILES string of the molecule is NC(CO)COCC(F)(F)F. The number of rotatable bonds is 4. The third-order valence-corrected chi connectivity index (χ3v) is 0.832. The first kappa shape index (κ1) is 10.7. The van der Waals surface area contributed by atoms with Gasteiger partial charge in [0, 0.05) is 0 Å². The molecule has 0 fully saturated rings. The molecule has 0 spiro atoms. The average molecular weight is 173 g/mol. The van der Waals surface area contributed by atoms with Crippen molar-refractivity contribution in [2.45, 2.75) is 12.2 Å². The Morgan fingerprint density at radius 2 is 2.00 bits per heavy atom. The van der Waals surface area contributed by atoms with E-state index in [1.54, 1.807) is 0 Å². The van der Waals surface area contributed by atoms with Crippen LogP contribution in [0.1, 0.15) is 0 Å². The van der Waals surface area contributed by atoms with Gasteiger partial charge in [0.15, 0.2) is 0 Å². The van der Waals surface area contributed by atoms with E-state index in [0.717, 1.165) is 0 Å². The standard InChI is InChI=1S/C5H10F3NO2/c6-5(7,8)3-11-2-4(9)1-10/h4,10H,1-3,9H2. The Hall–Kier alpha value is -0.330. The lowest BCUT2D eigenvalue weighted by atomic mass is 10.4. The molecule has 1 unspecified atom stereocenters. The lowest BCUT2D eigenvalue weighted by Crippen LogP contribution is -2.32. The van der Waals surface area contributed by atoms with Crippen LogP contribution in [0.2, 0.25) is 0 Å². The highest BCUT2D eigenvalue weighted by molar-refractivity contribution is 4.56. The van der Waals surface area contributed by atoms with Crippen molar-refractivity contribution in [3.63, 3.8) is 0 Å². The van der Waals surface area contributed by atoms with Gasteiger partial charge in [-0.1, -0.05) is 0 Å². The zero-order chi connectivity index (χ0) is 8.91. The second kappa shape index (κ2) is 4.53. The number of aliphatic hydroxyl groups excluding tert-OH is 1. The van der Waals surface area contributed by atoms with Gasteiger partial charge < -0.3 is 15.6 Å². The molecule has 0 aliphatic carbocycles. The van der Waals surface area contributed by atoms with Crippen molar-refractivity contribution in [2.75, 3.05) is 19.8 Å². The maximum absolute atomic E-state index is 11.4. The number of hydrogen-bond acceptors (Lipinski definition) is 3. The Labute approximate surface area is 61.9 Å². The normalized spacial score (nSPS) is 15.0. The van der Waals surface area contributed by atoms with E-state index in [-0.39, 0.29) is 13.2 Å². The highest BCUT2D eigenvalue weighted by Crippen LogP contribution is 2.14. The molecule has 3 nitrogen and oxygen atoms in total. The van der Waals surface area contributed by atoms with E-state index < -0.39 is 18.8 Å². The van der Waals surface area contributed by atoms with E-state index in [4.69, 9.17) is 10.8 Å². The molecule has 11 heavy (non-hydrogen) atoms. The molecular weight excluding hydrogens is 163 g/mol. The zero-order valence-corrected chi connectivity index (χ0v) is 5.77. The topological polar surface area (TPSA) is 55.5 Å². The molecule has 0 radical (unpaired) electrons. The van der Waals surface area contributed by atoms with Crippen LogP contribution in [0.25, 0.3) is 0 Å². The van der Waals surface area contributed by atoms with Gasteiger partial charge in [-0.2, -0.15) is 13.2 Å². The van der Waals surface area contributed by atoms with Gasteiger partial charge in [-0.3, -0.25) is 0 Å². The number of alkyl halides is 3. The molecule has 0 amide bonds. The Kier molecular flexibility index (Phi) is 4.39. The van der Waals surface area contributed by atoms with Gasteiger partial charge in [-0.25, -0.2) is 0 Å². The Balaban J connectivity index is 3.28. The maximum atomic E-state index is 11.4. The minimum Gasteiger partial charge on any atom is -0.395 e. The molecule has 0 aromatic rings. The molecule has 3 N–H and O–H groups in total. The van der Waals surface area contributed by atoms with Gasteiger partial charge in [-0.05, 0) is 0 Å². The summed E-state index contributed by atoms with van der Waals surface area (Å²) in [5.74, 6) is 0. The summed E-state index contributed by atoms with van der Waals surface area (Å²) in [6, 6.07) is -0.739. The van der Waals surface area contributed by atoms with Crippen LogP contribution in [0.4, 0.5) is 13.2 Å². The molecule has 1 atom stereocenters. The van der Waals surface area contributed by atoms with Gasteiger partial charge >= 0.3 is 6.18 Å². The van der Waals surface area contributed by atoms with Crippen molar-refractivity contribution in [3.05, 3.63) is 0 Å². The summed E-state index contributed by atoms with van der Waals surface area (Å²) in [4.78, 5) is 0. The zero-order valence-electron chi connectivity index (χ0n) is 5.77. The van der Waals surface area contributed by atoms with Gasteiger partial charge in [-0.15, -0.1) is 0 Å². The number of ether oxygens (including phenoxy) is 1. The highest BCUT2D eigenvalue weighted by atomic mass is 19.4. The van der Waals surface area contributed by atoms with Crippen molar-refractivity contribution >= 4 is 0 Å². The molecule has 0 aliphatic rings. The van der Waals surface area contributed by atoms with Crippen molar-refractivity contribution in [1.29, 1.82) is 0 Å². The predicted octanol–water partition coefficient (Wildman–Crippen LogP) is -0.115. The summed E-state index contributed by atoms with van der Waals surface area (Å²) in [6.45, 7) is -1.98. The van der Waals surface area contributed by atoms with Crippen molar-refractivity contribution in [3.8, 4) is 0 Å². The Bertz CT molecular complexity index is 106. The number of aliphatic hydroxyl groups is 1. The molecule has 0 rings (SSSR count). The summed E-state index contributed by atoms with van der Waals surface area (Å²) in [7, 11) is 0. The van der Waals surface area contributed by atoms with Crippen LogP contribution in [0.3, 0.4) is 0 Å². The van der Waals surface area contributed by atoms with Crippen molar-refractivity contribution in [2.24, 2.45) is 5.73 Å². The number of hydrogen-bond donors (Lipinski definition) is 2. The first-order valence-corrected chi connectivity index (χ1v) is 2.96. The highest BCUT2D eigenvalue weighted by Gasteiger charge is 2.27. The van der Waals surface area contributed by atoms with Gasteiger partial charge in [0.25, 0.3) is 0 Å².